The Morgan fingerprint density at radius 2 is 1.89 bits per heavy atom. The van der Waals surface area contributed by atoms with Crippen molar-refractivity contribution >= 4 is 44.2 Å². The van der Waals surface area contributed by atoms with Gasteiger partial charge in [0.1, 0.15) is 10.8 Å². The Balaban J connectivity index is 0.00000180. The summed E-state index contributed by atoms with van der Waals surface area (Å²) in [4.78, 5) is 5.63. The van der Waals surface area contributed by atoms with E-state index in [0.717, 1.165) is 32.5 Å². The Hall–Kier alpha value is -2.64. The van der Waals surface area contributed by atoms with Crippen molar-refractivity contribution in [2.75, 3.05) is 7.11 Å². The maximum Gasteiger partial charge on any atom is 0.213 e. The molecule has 5 rings (SSSR count). The molecule has 7 heteroatoms. The molecule has 0 saturated heterocycles. The van der Waals surface area contributed by atoms with Crippen LogP contribution in [0.3, 0.4) is 0 Å². The van der Waals surface area contributed by atoms with Gasteiger partial charge in [0.05, 0.1) is 19.0 Å². The van der Waals surface area contributed by atoms with Crippen molar-refractivity contribution in [1.82, 2.24) is 19.2 Å². The van der Waals surface area contributed by atoms with Gasteiger partial charge in [-0.25, -0.2) is 9.50 Å². The van der Waals surface area contributed by atoms with Gasteiger partial charge in [-0.15, -0.1) is 17.0 Å². The standard InChI is InChI=1S/C20H16N4OS.BrH/c1-23-11-16(15-8-3-4-9-18(15)23)19-22-24-12-17(21-20(24)26-19)13-6-5-7-14(10-13)25-2;/h3-12H,1-2H3;1H. The fraction of sp³-hybridized carbons (Fsp3) is 0.100. The summed E-state index contributed by atoms with van der Waals surface area (Å²) in [7, 11) is 3.73. The molecular formula is C20H17BrN4OS. The third kappa shape index (κ3) is 2.93. The van der Waals surface area contributed by atoms with Crippen LogP contribution >= 0.6 is 28.3 Å². The third-order valence-corrected chi connectivity index (χ3v) is 5.49. The number of ether oxygens (including phenoxy) is 1. The van der Waals surface area contributed by atoms with Crippen LogP contribution < -0.4 is 4.74 Å². The molecule has 0 unspecified atom stereocenters. The topological polar surface area (TPSA) is 44.4 Å². The Bertz CT molecular complexity index is 1220. The van der Waals surface area contributed by atoms with Crippen molar-refractivity contribution in [3.63, 3.8) is 0 Å². The highest BCUT2D eigenvalue weighted by molar-refractivity contribution is 8.93. The van der Waals surface area contributed by atoms with Crippen LogP contribution in [0.4, 0.5) is 0 Å². The van der Waals surface area contributed by atoms with Crippen LogP contribution in [0.5, 0.6) is 5.75 Å². The highest BCUT2D eigenvalue weighted by Crippen LogP contribution is 2.34. The van der Waals surface area contributed by atoms with Crippen LogP contribution in [0.15, 0.2) is 60.9 Å². The Morgan fingerprint density at radius 1 is 1.04 bits per heavy atom. The molecule has 0 aliphatic heterocycles. The maximum absolute atomic E-state index is 5.30. The van der Waals surface area contributed by atoms with Gasteiger partial charge in [-0.2, -0.15) is 5.10 Å². The molecule has 0 aliphatic rings. The lowest BCUT2D eigenvalue weighted by Crippen LogP contribution is -1.84. The second-order valence-corrected chi connectivity index (χ2v) is 7.12. The fourth-order valence-corrected chi connectivity index (χ4v) is 4.15. The zero-order valence-electron chi connectivity index (χ0n) is 14.8. The highest BCUT2D eigenvalue weighted by atomic mass is 79.9. The number of aryl methyl sites for hydroxylation is 1. The van der Waals surface area contributed by atoms with Crippen molar-refractivity contribution < 1.29 is 4.74 Å². The Labute approximate surface area is 170 Å². The lowest BCUT2D eigenvalue weighted by atomic mass is 10.1. The predicted molar refractivity (Wildman–Crippen MR) is 115 cm³/mol. The number of imidazole rings is 1. The molecule has 0 radical (unpaired) electrons. The smallest absolute Gasteiger partial charge is 0.213 e. The summed E-state index contributed by atoms with van der Waals surface area (Å²) in [6, 6.07) is 16.3. The molecule has 3 aromatic heterocycles. The van der Waals surface area contributed by atoms with E-state index in [-0.39, 0.29) is 17.0 Å². The summed E-state index contributed by atoms with van der Waals surface area (Å²) >= 11 is 1.60. The van der Waals surface area contributed by atoms with Crippen molar-refractivity contribution in [3.8, 4) is 27.6 Å². The number of benzene rings is 2. The van der Waals surface area contributed by atoms with Crippen molar-refractivity contribution in [2.24, 2.45) is 7.05 Å². The van der Waals surface area contributed by atoms with E-state index in [4.69, 9.17) is 14.8 Å². The van der Waals surface area contributed by atoms with Gasteiger partial charge < -0.3 is 9.30 Å². The van der Waals surface area contributed by atoms with Gasteiger partial charge in [-0.1, -0.05) is 41.7 Å². The van der Waals surface area contributed by atoms with E-state index in [1.54, 1.807) is 18.4 Å². The SMILES string of the molecule is Br.COc1cccc(-c2cn3nc(-c4cn(C)c5ccccc45)sc3n2)c1. The van der Waals surface area contributed by atoms with Crippen LogP contribution in [-0.2, 0) is 7.05 Å². The van der Waals surface area contributed by atoms with Gasteiger partial charge in [-0.05, 0) is 18.2 Å². The van der Waals surface area contributed by atoms with Crippen LogP contribution in [0.2, 0.25) is 0 Å². The summed E-state index contributed by atoms with van der Waals surface area (Å²) in [5, 5.41) is 6.95. The normalized spacial score (nSPS) is 11.0. The number of hydrogen-bond acceptors (Lipinski definition) is 4. The van der Waals surface area contributed by atoms with E-state index in [1.165, 1.54) is 10.9 Å². The molecule has 3 heterocycles. The van der Waals surface area contributed by atoms with E-state index < -0.39 is 0 Å². The minimum absolute atomic E-state index is 0. The second kappa shape index (κ2) is 6.83. The molecule has 0 N–H and O–H groups in total. The zero-order chi connectivity index (χ0) is 17.7. The van der Waals surface area contributed by atoms with Crippen molar-refractivity contribution in [3.05, 3.63) is 60.9 Å². The van der Waals surface area contributed by atoms with E-state index in [9.17, 15) is 0 Å². The van der Waals surface area contributed by atoms with E-state index in [2.05, 4.69) is 42.1 Å². The monoisotopic (exact) mass is 440 g/mol. The number of halogens is 1. The lowest BCUT2D eigenvalue weighted by molar-refractivity contribution is 0.415. The Morgan fingerprint density at radius 3 is 2.70 bits per heavy atom. The number of rotatable bonds is 3. The van der Waals surface area contributed by atoms with Crippen LogP contribution in [0, 0.1) is 0 Å². The van der Waals surface area contributed by atoms with Crippen molar-refractivity contribution in [1.29, 1.82) is 0 Å². The first-order valence-electron chi connectivity index (χ1n) is 8.28. The number of nitrogens with zero attached hydrogens (tertiary/aromatic N) is 4. The van der Waals surface area contributed by atoms with Crippen molar-refractivity contribution in [2.45, 2.75) is 0 Å². The number of para-hydroxylation sites is 1. The van der Waals surface area contributed by atoms with Gasteiger partial charge in [0.2, 0.25) is 4.96 Å². The number of fused-ring (bicyclic) bond motifs is 2. The molecule has 27 heavy (non-hydrogen) atoms. The molecule has 0 bridgehead atoms. The summed E-state index contributed by atoms with van der Waals surface area (Å²) in [5.74, 6) is 0.822. The first kappa shape index (κ1) is 17.8. The molecule has 2 aromatic carbocycles. The molecule has 0 spiro atoms. The number of aromatic nitrogens is 4. The quantitative estimate of drug-likeness (QED) is 0.387. The van der Waals surface area contributed by atoms with Gasteiger partial charge in [0.25, 0.3) is 0 Å². The summed E-state index contributed by atoms with van der Waals surface area (Å²) in [6.45, 7) is 0. The predicted octanol–water partition coefficient (Wildman–Crippen LogP) is 5.20. The molecule has 0 amide bonds. The molecule has 136 valence electrons. The molecule has 5 aromatic rings. The summed E-state index contributed by atoms with van der Waals surface area (Å²) in [5.41, 5.74) is 4.26. The van der Waals surface area contributed by atoms with Gasteiger partial charge >= 0.3 is 0 Å². The van der Waals surface area contributed by atoms with E-state index in [0.29, 0.717) is 0 Å². The first-order chi connectivity index (χ1) is 12.7. The maximum atomic E-state index is 5.30. The summed E-state index contributed by atoms with van der Waals surface area (Å²) < 4.78 is 9.30. The average Bonchev–Trinajstić information content (AvgIpc) is 3.33. The van der Waals surface area contributed by atoms with Gasteiger partial charge in [-0.3, -0.25) is 0 Å². The summed E-state index contributed by atoms with van der Waals surface area (Å²) in [6.07, 6.45) is 4.10. The number of methoxy groups -OCH3 is 1. The zero-order valence-corrected chi connectivity index (χ0v) is 17.3. The van der Waals surface area contributed by atoms with Crippen LogP contribution in [0.25, 0.3) is 37.7 Å². The van der Waals surface area contributed by atoms with Gasteiger partial charge in [0.15, 0.2) is 0 Å². The second-order valence-electron chi connectivity index (χ2n) is 6.16. The molecule has 0 saturated carbocycles. The van der Waals surface area contributed by atoms with Gasteiger partial charge in [0, 0.05) is 35.3 Å². The lowest BCUT2D eigenvalue weighted by Gasteiger charge is -2.01. The highest BCUT2D eigenvalue weighted by Gasteiger charge is 2.15. The number of hydrogen-bond donors (Lipinski definition) is 0. The third-order valence-electron chi connectivity index (χ3n) is 4.54. The van der Waals surface area contributed by atoms with Crippen LogP contribution in [-0.4, -0.2) is 26.3 Å². The molecular weight excluding hydrogens is 424 g/mol. The Kier molecular flexibility index (Phi) is 4.49. The first-order valence-corrected chi connectivity index (χ1v) is 9.09. The molecule has 0 aliphatic carbocycles. The average molecular weight is 441 g/mol. The molecule has 0 atom stereocenters. The largest absolute Gasteiger partial charge is 0.497 e. The minimum atomic E-state index is 0. The molecule has 0 fully saturated rings. The minimum Gasteiger partial charge on any atom is -0.497 e. The van der Waals surface area contributed by atoms with Crippen LogP contribution in [0.1, 0.15) is 0 Å². The fourth-order valence-electron chi connectivity index (χ4n) is 3.24. The van der Waals surface area contributed by atoms with E-state index >= 15 is 0 Å². The molecule has 5 nitrogen and oxygen atoms in total. The van der Waals surface area contributed by atoms with E-state index in [1.807, 2.05) is 35.0 Å².